The fourth-order valence-electron chi connectivity index (χ4n) is 4.39. The summed E-state index contributed by atoms with van der Waals surface area (Å²) in [6, 6.07) is 15.3. The average molecular weight is 410 g/mol. The summed E-state index contributed by atoms with van der Waals surface area (Å²) in [5.41, 5.74) is 9.75. The van der Waals surface area contributed by atoms with Crippen LogP contribution in [0.3, 0.4) is 0 Å². The van der Waals surface area contributed by atoms with Gasteiger partial charge in [-0.3, -0.25) is 0 Å². The van der Waals surface area contributed by atoms with Crippen molar-refractivity contribution in [3.05, 3.63) is 108 Å². The van der Waals surface area contributed by atoms with Gasteiger partial charge in [-0.25, -0.2) is 0 Å². The van der Waals surface area contributed by atoms with Crippen molar-refractivity contribution in [2.24, 2.45) is 0 Å². The van der Waals surface area contributed by atoms with Crippen molar-refractivity contribution in [2.75, 3.05) is 0 Å². The van der Waals surface area contributed by atoms with Crippen LogP contribution in [0.15, 0.2) is 85.6 Å². The smallest absolute Gasteiger partial charge is 0.0486 e. The molecule has 0 radical (unpaired) electrons. The van der Waals surface area contributed by atoms with E-state index in [4.69, 9.17) is 0 Å². The highest BCUT2D eigenvalue weighted by Crippen LogP contribution is 2.37. The predicted octanol–water partition coefficient (Wildman–Crippen LogP) is 8.68. The van der Waals surface area contributed by atoms with Gasteiger partial charge in [0.1, 0.15) is 0 Å². The van der Waals surface area contributed by atoms with Gasteiger partial charge >= 0.3 is 0 Å². The minimum absolute atomic E-state index is 1.04. The maximum absolute atomic E-state index is 4.21. The fourth-order valence-corrected chi connectivity index (χ4v) is 4.39. The summed E-state index contributed by atoms with van der Waals surface area (Å²) in [5, 5.41) is 1.27. The highest BCUT2D eigenvalue weighted by molar-refractivity contribution is 6.02. The van der Waals surface area contributed by atoms with E-state index in [1.807, 2.05) is 12.2 Å². The van der Waals surface area contributed by atoms with E-state index in [2.05, 4.69) is 100 Å². The van der Waals surface area contributed by atoms with Gasteiger partial charge in [-0.1, -0.05) is 93.1 Å². The van der Waals surface area contributed by atoms with Gasteiger partial charge < -0.3 is 4.57 Å². The molecule has 1 nitrogen and oxygen atoms in total. The van der Waals surface area contributed by atoms with E-state index in [1.54, 1.807) is 0 Å². The summed E-state index contributed by atoms with van der Waals surface area (Å²) in [6.07, 6.45) is 12.1. The third kappa shape index (κ3) is 4.66. The second kappa shape index (κ2) is 10.3. The van der Waals surface area contributed by atoms with Crippen molar-refractivity contribution in [1.82, 2.24) is 4.57 Å². The fraction of sp³-hybridized carbons (Fsp3) is 0.267. The van der Waals surface area contributed by atoms with E-state index >= 15 is 0 Å². The van der Waals surface area contributed by atoms with Crippen LogP contribution in [0.5, 0.6) is 0 Å². The van der Waals surface area contributed by atoms with Crippen LogP contribution >= 0.6 is 0 Å². The number of allylic oxidation sites excluding steroid dienone is 6. The van der Waals surface area contributed by atoms with Gasteiger partial charge in [-0.15, -0.1) is 0 Å². The van der Waals surface area contributed by atoms with E-state index in [1.165, 1.54) is 58.0 Å². The molecule has 0 N–H and O–H groups in total. The molecule has 0 unspecified atom stereocenters. The van der Waals surface area contributed by atoms with Crippen molar-refractivity contribution in [1.29, 1.82) is 0 Å². The number of para-hydroxylation sites is 1. The lowest BCUT2D eigenvalue weighted by molar-refractivity contribution is 0.616. The number of rotatable bonds is 9. The standard InChI is InChI=1S/C30H35N/c1-7-11-14-19-31-21-29(27-15-12-13-16-30(27)31)26(10-4)24(8-2)25(9-3)28-20-22(5)17-18-23(28)6/h8-10,12-13,15-18,20-21H,2,4,7,11,14,19H2,1,3,5-6H3/b25-9-,26-24-. The molecule has 0 aliphatic heterocycles. The molecule has 1 aromatic heterocycles. The summed E-state index contributed by atoms with van der Waals surface area (Å²) in [4.78, 5) is 0. The third-order valence-electron chi connectivity index (χ3n) is 6.04. The zero-order valence-electron chi connectivity index (χ0n) is 19.5. The zero-order chi connectivity index (χ0) is 22.4. The second-order valence-electron chi connectivity index (χ2n) is 8.22. The largest absolute Gasteiger partial charge is 0.347 e. The molecule has 3 aromatic rings. The Morgan fingerprint density at radius 2 is 1.74 bits per heavy atom. The number of nitrogens with zero attached hydrogens (tertiary/aromatic N) is 1. The van der Waals surface area contributed by atoms with E-state index < -0.39 is 0 Å². The Morgan fingerprint density at radius 3 is 2.42 bits per heavy atom. The molecule has 1 heterocycles. The van der Waals surface area contributed by atoms with Crippen molar-refractivity contribution >= 4 is 22.0 Å². The van der Waals surface area contributed by atoms with Gasteiger partial charge in [0.15, 0.2) is 0 Å². The predicted molar refractivity (Wildman–Crippen MR) is 138 cm³/mol. The van der Waals surface area contributed by atoms with Gasteiger partial charge in [0.2, 0.25) is 0 Å². The van der Waals surface area contributed by atoms with E-state index in [9.17, 15) is 0 Å². The number of unbranched alkanes of at least 4 members (excludes halogenated alkanes) is 2. The number of benzene rings is 2. The van der Waals surface area contributed by atoms with Crippen LogP contribution in [0.2, 0.25) is 0 Å². The third-order valence-corrected chi connectivity index (χ3v) is 6.04. The first-order valence-electron chi connectivity index (χ1n) is 11.4. The van der Waals surface area contributed by atoms with Crippen molar-refractivity contribution in [2.45, 2.75) is 53.5 Å². The van der Waals surface area contributed by atoms with Crippen molar-refractivity contribution in [3.63, 3.8) is 0 Å². The molecule has 0 atom stereocenters. The Bertz CT molecular complexity index is 1150. The van der Waals surface area contributed by atoms with Crippen LogP contribution in [-0.2, 0) is 6.54 Å². The van der Waals surface area contributed by atoms with Crippen molar-refractivity contribution < 1.29 is 0 Å². The number of fused-ring (bicyclic) bond motifs is 1. The number of aromatic nitrogens is 1. The van der Waals surface area contributed by atoms with E-state index in [0.29, 0.717) is 0 Å². The summed E-state index contributed by atoms with van der Waals surface area (Å²) >= 11 is 0. The molecule has 3 rings (SSSR count). The molecule has 0 amide bonds. The van der Waals surface area contributed by atoms with Gasteiger partial charge in [-0.05, 0) is 61.1 Å². The average Bonchev–Trinajstić information content (AvgIpc) is 3.14. The van der Waals surface area contributed by atoms with Crippen LogP contribution < -0.4 is 0 Å². The Balaban J connectivity index is 2.23. The lowest BCUT2D eigenvalue weighted by Crippen LogP contribution is -1.97. The molecule has 0 saturated heterocycles. The van der Waals surface area contributed by atoms with Crippen LogP contribution in [-0.4, -0.2) is 4.57 Å². The van der Waals surface area contributed by atoms with E-state index in [-0.39, 0.29) is 0 Å². The molecule has 31 heavy (non-hydrogen) atoms. The molecule has 2 aromatic carbocycles. The zero-order valence-corrected chi connectivity index (χ0v) is 19.5. The Hall–Kier alpha value is -3.06. The number of aryl methyl sites for hydroxylation is 3. The van der Waals surface area contributed by atoms with E-state index in [0.717, 1.165) is 17.7 Å². The molecular formula is C30H35N. The molecule has 0 aliphatic rings. The summed E-state index contributed by atoms with van der Waals surface area (Å²) in [7, 11) is 0. The molecule has 0 spiro atoms. The Labute approximate surface area is 188 Å². The van der Waals surface area contributed by atoms with Crippen LogP contribution in [0.4, 0.5) is 0 Å². The molecule has 0 aliphatic carbocycles. The van der Waals surface area contributed by atoms with Crippen LogP contribution in [0, 0.1) is 13.8 Å². The molecule has 0 saturated carbocycles. The van der Waals surface area contributed by atoms with Crippen LogP contribution in [0.25, 0.3) is 22.0 Å². The summed E-state index contributed by atoms with van der Waals surface area (Å²) in [5.74, 6) is 0. The SMILES string of the molecule is C=CC(=C(\C=C)c1cn(CCCCC)c2ccccc12)/C(=C/C)c1cc(C)ccc1C. The molecule has 0 fully saturated rings. The van der Waals surface area contributed by atoms with Gasteiger partial charge in [-0.2, -0.15) is 0 Å². The molecule has 0 bridgehead atoms. The number of hydrogen-bond donors (Lipinski definition) is 0. The van der Waals surface area contributed by atoms with Gasteiger partial charge in [0, 0.05) is 29.2 Å². The molecule has 1 heteroatoms. The maximum Gasteiger partial charge on any atom is 0.0486 e. The highest BCUT2D eigenvalue weighted by atomic mass is 15.0. The van der Waals surface area contributed by atoms with Crippen molar-refractivity contribution in [3.8, 4) is 0 Å². The Morgan fingerprint density at radius 1 is 0.968 bits per heavy atom. The first kappa shape index (κ1) is 22.6. The highest BCUT2D eigenvalue weighted by Gasteiger charge is 2.16. The number of hydrogen-bond acceptors (Lipinski definition) is 0. The summed E-state index contributed by atoms with van der Waals surface area (Å²) < 4.78 is 2.40. The minimum atomic E-state index is 1.04. The monoisotopic (exact) mass is 409 g/mol. The molecular weight excluding hydrogens is 374 g/mol. The first-order chi connectivity index (χ1) is 15.0. The van der Waals surface area contributed by atoms with Gasteiger partial charge in [0.05, 0.1) is 0 Å². The lowest BCUT2D eigenvalue weighted by Gasteiger charge is -2.16. The first-order valence-corrected chi connectivity index (χ1v) is 11.4. The minimum Gasteiger partial charge on any atom is -0.347 e. The summed E-state index contributed by atoms with van der Waals surface area (Å²) in [6.45, 7) is 18.1. The Kier molecular flexibility index (Phi) is 7.52. The normalized spacial score (nSPS) is 12.7. The second-order valence-corrected chi connectivity index (χ2v) is 8.22. The lowest BCUT2D eigenvalue weighted by atomic mass is 9.87. The topological polar surface area (TPSA) is 4.93 Å². The quantitative estimate of drug-likeness (QED) is 0.246. The maximum atomic E-state index is 4.21. The molecule has 160 valence electrons. The van der Waals surface area contributed by atoms with Crippen LogP contribution in [0.1, 0.15) is 55.4 Å². The van der Waals surface area contributed by atoms with Gasteiger partial charge in [0.25, 0.3) is 0 Å².